The van der Waals surface area contributed by atoms with Crippen LogP contribution in [0.15, 0.2) is 18.2 Å². The highest BCUT2D eigenvalue weighted by Gasteiger charge is 2.26. The summed E-state index contributed by atoms with van der Waals surface area (Å²) in [4.78, 5) is 36.5. The summed E-state index contributed by atoms with van der Waals surface area (Å²) >= 11 is 0. The normalized spacial score (nSPS) is 15.3. The first-order valence-corrected chi connectivity index (χ1v) is 9.08. The van der Waals surface area contributed by atoms with Crippen molar-refractivity contribution < 1.29 is 19.2 Å². The first-order valence-electron chi connectivity index (χ1n) is 9.08. The van der Waals surface area contributed by atoms with Crippen LogP contribution in [0.5, 0.6) is 0 Å². The van der Waals surface area contributed by atoms with E-state index in [2.05, 4.69) is 5.32 Å². The number of alkyl carbamates (subject to hydrolysis) is 1. The SMILES string of the molecule is Cc1cc([N+](=O)[O-])ccc1C(=O)N1CCC(CNC(=O)OC(C)(C)C)CC1. The summed E-state index contributed by atoms with van der Waals surface area (Å²) in [6.07, 6.45) is 1.14. The van der Waals surface area contributed by atoms with Gasteiger partial charge in [-0.3, -0.25) is 14.9 Å². The van der Waals surface area contributed by atoms with E-state index >= 15 is 0 Å². The molecule has 8 nitrogen and oxygen atoms in total. The number of likely N-dealkylation sites (tertiary alicyclic amines) is 1. The zero-order chi connectivity index (χ0) is 20.2. The number of nitro benzene ring substituents is 1. The molecule has 1 aromatic rings. The first kappa shape index (κ1) is 20.7. The summed E-state index contributed by atoms with van der Waals surface area (Å²) in [6, 6.07) is 4.30. The summed E-state index contributed by atoms with van der Waals surface area (Å²) < 4.78 is 5.22. The summed E-state index contributed by atoms with van der Waals surface area (Å²) in [5.74, 6) is 0.181. The summed E-state index contributed by atoms with van der Waals surface area (Å²) in [6.45, 7) is 8.86. The van der Waals surface area contributed by atoms with Gasteiger partial charge in [0, 0.05) is 37.3 Å². The number of nitro groups is 1. The van der Waals surface area contributed by atoms with E-state index in [4.69, 9.17) is 4.74 Å². The molecule has 0 atom stereocenters. The number of aryl methyl sites for hydroxylation is 1. The molecule has 0 aliphatic carbocycles. The molecule has 27 heavy (non-hydrogen) atoms. The van der Waals surface area contributed by atoms with Crippen molar-refractivity contribution in [3.05, 3.63) is 39.4 Å². The van der Waals surface area contributed by atoms with Crippen molar-refractivity contribution in [2.24, 2.45) is 5.92 Å². The van der Waals surface area contributed by atoms with Gasteiger partial charge >= 0.3 is 6.09 Å². The molecule has 0 unspecified atom stereocenters. The van der Waals surface area contributed by atoms with E-state index in [9.17, 15) is 19.7 Å². The maximum absolute atomic E-state index is 12.7. The fourth-order valence-electron chi connectivity index (χ4n) is 3.05. The molecule has 1 aliphatic heterocycles. The van der Waals surface area contributed by atoms with Crippen molar-refractivity contribution >= 4 is 17.7 Å². The topological polar surface area (TPSA) is 102 Å². The van der Waals surface area contributed by atoms with Crippen LogP contribution in [0.3, 0.4) is 0 Å². The van der Waals surface area contributed by atoms with Crippen molar-refractivity contribution in [3.63, 3.8) is 0 Å². The number of hydrogen-bond acceptors (Lipinski definition) is 5. The molecule has 148 valence electrons. The predicted molar refractivity (Wildman–Crippen MR) is 101 cm³/mol. The zero-order valence-corrected chi connectivity index (χ0v) is 16.3. The Morgan fingerprint density at radius 3 is 2.44 bits per heavy atom. The van der Waals surface area contributed by atoms with Gasteiger partial charge in [-0.1, -0.05) is 0 Å². The monoisotopic (exact) mass is 377 g/mol. The third-order valence-electron chi connectivity index (χ3n) is 4.49. The fourth-order valence-corrected chi connectivity index (χ4v) is 3.05. The van der Waals surface area contributed by atoms with Gasteiger partial charge in [-0.2, -0.15) is 0 Å². The van der Waals surface area contributed by atoms with Gasteiger partial charge in [0.1, 0.15) is 5.60 Å². The second-order valence-electron chi connectivity index (χ2n) is 7.87. The molecule has 1 heterocycles. The summed E-state index contributed by atoms with van der Waals surface area (Å²) in [5, 5.41) is 13.6. The molecular formula is C19H27N3O5. The van der Waals surface area contributed by atoms with Gasteiger partial charge in [-0.25, -0.2) is 4.79 Å². The highest BCUT2D eigenvalue weighted by Crippen LogP contribution is 2.22. The van der Waals surface area contributed by atoms with Crippen molar-refractivity contribution in [1.82, 2.24) is 10.2 Å². The van der Waals surface area contributed by atoms with Gasteiger partial charge in [0.05, 0.1) is 4.92 Å². The predicted octanol–water partition coefficient (Wildman–Crippen LogP) is 3.28. The maximum Gasteiger partial charge on any atom is 0.407 e. The average Bonchev–Trinajstić information content (AvgIpc) is 2.58. The number of carbonyl (C=O) groups is 2. The van der Waals surface area contributed by atoms with Crippen LogP contribution in [0.25, 0.3) is 0 Å². The molecule has 2 rings (SSSR count). The van der Waals surface area contributed by atoms with Crippen LogP contribution in [0.4, 0.5) is 10.5 Å². The Kier molecular flexibility index (Phi) is 6.41. The minimum absolute atomic E-state index is 0.0176. The molecule has 1 N–H and O–H groups in total. The Hall–Kier alpha value is -2.64. The van der Waals surface area contributed by atoms with E-state index in [1.54, 1.807) is 11.8 Å². The first-order chi connectivity index (χ1) is 12.6. The Bertz CT molecular complexity index is 719. The molecule has 0 saturated carbocycles. The number of carbonyl (C=O) groups excluding carboxylic acids is 2. The Morgan fingerprint density at radius 1 is 1.30 bits per heavy atom. The van der Waals surface area contributed by atoms with Gasteiger partial charge in [0.15, 0.2) is 0 Å². The highest BCUT2D eigenvalue weighted by atomic mass is 16.6. The number of amides is 2. The minimum Gasteiger partial charge on any atom is -0.444 e. The Labute approximate surface area is 159 Å². The van der Waals surface area contributed by atoms with Crippen LogP contribution in [0, 0.1) is 23.0 Å². The molecule has 1 fully saturated rings. The van der Waals surface area contributed by atoms with Crippen LogP contribution >= 0.6 is 0 Å². The third kappa shape index (κ3) is 5.94. The number of nitrogens with one attached hydrogen (secondary N) is 1. The second-order valence-corrected chi connectivity index (χ2v) is 7.87. The number of rotatable bonds is 4. The van der Waals surface area contributed by atoms with Gasteiger partial charge < -0.3 is 15.0 Å². The molecule has 1 saturated heterocycles. The molecule has 1 aliphatic rings. The molecule has 8 heteroatoms. The third-order valence-corrected chi connectivity index (χ3v) is 4.49. The Balaban J connectivity index is 1.86. The summed E-state index contributed by atoms with van der Waals surface area (Å²) in [5.41, 5.74) is 0.549. The molecule has 1 aromatic carbocycles. The molecular weight excluding hydrogens is 350 g/mol. The van der Waals surface area contributed by atoms with Crippen molar-refractivity contribution in [1.29, 1.82) is 0 Å². The van der Waals surface area contributed by atoms with E-state index in [0.29, 0.717) is 36.7 Å². The number of non-ortho nitro benzene ring substituents is 1. The number of nitrogens with zero attached hydrogens (tertiary/aromatic N) is 2. The fraction of sp³-hybridized carbons (Fsp3) is 0.579. The van der Waals surface area contributed by atoms with Crippen LogP contribution in [0.1, 0.15) is 49.5 Å². The molecule has 0 radical (unpaired) electrons. The van der Waals surface area contributed by atoms with E-state index in [1.165, 1.54) is 18.2 Å². The minimum atomic E-state index is -0.525. The smallest absolute Gasteiger partial charge is 0.407 e. The van der Waals surface area contributed by atoms with E-state index in [-0.39, 0.29) is 11.6 Å². The van der Waals surface area contributed by atoms with Gasteiger partial charge in [0.2, 0.25) is 0 Å². The second kappa shape index (κ2) is 8.37. The van der Waals surface area contributed by atoms with Crippen LogP contribution in [-0.4, -0.2) is 47.1 Å². The lowest BCUT2D eigenvalue weighted by molar-refractivity contribution is -0.384. The lowest BCUT2D eigenvalue weighted by Gasteiger charge is -2.32. The van der Waals surface area contributed by atoms with Crippen LogP contribution in [0.2, 0.25) is 0 Å². The van der Waals surface area contributed by atoms with Crippen molar-refractivity contribution in [2.45, 2.75) is 46.1 Å². The Morgan fingerprint density at radius 2 is 1.93 bits per heavy atom. The lowest BCUT2D eigenvalue weighted by Crippen LogP contribution is -2.42. The molecule has 2 amide bonds. The lowest BCUT2D eigenvalue weighted by atomic mass is 9.96. The van der Waals surface area contributed by atoms with Crippen molar-refractivity contribution in [3.8, 4) is 0 Å². The molecule has 0 aromatic heterocycles. The average molecular weight is 377 g/mol. The quantitative estimate of drug-likeness (QED) is 0.641. The van der Waals surface area contributed by atoms with Gasteiger partial charge in [-0.05, 0) is 58.1 Å². The van der Waals surface area contributed by atoms with Gasteiger partial charge in [0.25, 0.3) is 11.6 Å². The standard InChI is InChI=1S/C19H27N3O5/c1-13-11-15(22(25)26)5-6-16(13)17(23)21-9-7-14(8-10-21)12-20-18(24)27-19(2,3)4/h5-6,11,14H,7-10,12H2,1-4H3,(H,20,24). The zero-order valence-electron chi connectivity index (χ0n) is 16.3. The van der Waals surface area contributed by atoms with E-state index in [1.807, 2.05) is 20.8 Å². The number of piperidine rings is 1. The van der Waals surface area contributed by atoms with E-state index < -0.39 is 16.6 Å². The van der Waals surface area contributed by atoms with Crippen LogP contribution in [-0.2, 0) is 4.74 Å². The molecule has 0 spiro atoms. The maximum atomic E-state index is 12.7. The van der Waals surface area contributed by atoms with Gasteiger partial charge in [-0.15, -0.1) is 0 Å². The highest BCUT2D eigenvalue weighted by molar-refractivity contribution is 5.96. The van der Waals surface area contributed by atoms with Crippen LogP contribution < -0.4 is 5.32 Å². The number of ether oxygens (including phenoxy) is 1. The van der Waals surface area contributed by atoms with Crippen molar-refractivity contribution in [2.75, 3.05) is 19.6 Å². The molecule has 0 bridgehead atoms. The number of hydrogen-bond donors (Lipinski definition) is 1. The number of benzene rings is 1. The summed E-state index contributed by atoms with van der Waals surface area (Å²) in [7, 11) is 0. The van der Waals surface area contributed by atoms with E-state index in [0.717, 1.165) is 12.8 Å². The largest absolute Gasteiger partial charge is 0.444 e.